The highest BCUT2D eigenvalue weighted by Gasteiger charge is 2.12. The van der Waals surface area contributed by atoms with Gasteiger partial charge in [0.05, 0.1) is 23.0 Å². The summed E-state index contributed by atoms with van der Waals surface area (Å²) < 4.78 is 1.87. The van der Waals surface area contributed by atoms with E-state index in [1.54, 1.807) is 6.07 Å². The van der Waals surface area contributed by atoms with Gasteiger partial charge >= 0.3 is 0 Å². The molecule has 4 rings (SSSR count). The summed E-state index contributed by atoms with van der Waals surface area (Å²) in [4.78, 5) is 5.62. The van der Waals surface area contributed by atoms with Gasteiger partial charge in [-0.1, -0.05) is 83.9 Å². The topological polar surface area (TPSA) is 29.6 Å². The summed E-state index contributed by atoms with van der Waals surface area (Å²) in [6.07, 6.45) is 0. The van der Waals surface area contributed by atoms with Crippen LogP contribution in [0.1, 0.15) is 18.1 Å². The Morgan fingerprint density at radius 3 is 2.33 bits per heavy atom. The number of halogens is 2. The number of hydrogen-bond donors (Lipinski definition) is 0. The molecule has 4 aromatic rings. The van der Waals surface area contributed by atoms with Gasteiger partial charge in [0.1, 0.15) is 0 Å². The lowest BCUT2D eigenvalue weighted by Gasteiger charge is -2.08. The van der Waals surface area contributed by atoms with E-state index < -0.39 is 0 Å². The third kappa shape index (κ3) is 4.73. The van der Waals surface area contributed by atoms with E-state index in [9.17, 15) is 0 Å². The first-order valence-electron chi connectivity index (χ1n) is 9.43. The lowest BCUT2D eigenvalue weighted by molar-refractivity contribution is 0.819. The van der Waals surface area contributed by atoms with Crippen molar-refractivity contribution in [3.05, 3.63) is 110 Å². The Bertz CT molecular complexity index is 1240. The van der Waals surface area contributed by atoms with Crippen LogP contribution in [0, 0.1) is 0 Å². The lowest BCUT2D eigenvalue weighted by Crippen LogP contribution is -2.14. The fourth-order valence-corrected chi connectivity index (χ4v) is 4.34. The number of benzene rings is 3. The predicted octanol–water partition coefficient (Wildman–Crippen LogP) is 6.90. The molecule has 1 heterocycles. The highest BCUT2D eigenvalue weighted by molar-refractivity contribution is 7.07. The molecule has 0 aliphatic rings. The fourth-order valence-electron chi connectivity index (χ4n) is 3.02. The minimum Gasteiger partial charge on any atom is -0.253 e. The molecule has 0 unspecified atom stereocenters. The van der Waals surface area contributed by atoms with Gasteiger partial charge in [0.25, 0.3) is 0 Å². The maximum Gasteiger partial charge on any atom is 0.206 e. The highest BCUT2D eigenvalue weighted by atomic mass is 35.5. The van der Waals surface area contributed by atoms with Gasteiger partial charge in [0.15, 0.2) is 0 Å². The summed E-state index contributed by atoms with van der Waals surface area (Å²) in [6.45, 7) is 2.57. The van der Waals surface area contributed by atoms with Crippen LogP contribution in [0.5, 0.6) is 0 Å². The Labute approximate surface area is 189 Å². The SMILES string of the molecule is C/C(=N\n1c(-c2ccc(Cl)cc2Cl)csc1=NCc1ccccc1)c1ccccc1. The van der Waals surface area contributed by atoms with Gasteiger partial charge in [-0.25, -0.2) is 4.68 Å². The first-order chi connectivity index (χ1) is 14.6. The average Bonchev–Trinajstić information content (AvgIpc) is 3.15. The van der Waals surface area contributed by atoms with E-state index in [1.807, 2.05) is 77.6 Å². The second-order valence-electron chi connectivity index (χ2n) is 6.69. The van der Waals surface area contributed by atoms with Crippen LogP contribution in [-0.4, -0.2) is 10.4 Å². The Morgan fingerprint density at radius 1 is 0.933 bits per heavy atom. The van der Waals surface area contributed by atoms with Gasteiger partial charge in [-0.15, -0.1) is 11.3 Å². The molecular weight excluding hydrogens is 433 g/mol. The van der Waals surface area contributed by atoms with E-state index in [-0.39, 0.29) is 0 Å². The molecule has 3 aromatic carbocycles. The van der Waals surface area contributed by atoms with Crippen LogP contribution >= 0.6 is 34.5 Å². The molecule has 6 heteroatoms. The number of hydrogen-bond acceptors (Lipinski definition) is 3. The highest BCUT2D eigenvalue weighted by Crippen LogP contribution is 2.30. The lowest BCUT2D eigenvalue weighted by atomic mass is 10.1. The second kappa shape index (κ2) is 9.43. The number of rotatable bonds is 5. The van der Waals surface area contributed by atoms with E-state index in [4.69, 9.17) is 33.3 Å². The number of aromatic nitrogens is 1. The molecule has 0 saturated heterocycles. The van der Waals surface area contributed by atoms with Crippen LogP contribution in [-0.2, 0) is 6.54 Å². The summed E-state index contributed by atoms with van der Waals surface area (Å²) in [5.41, 5.74) is 4.83. The Kier molecular flexibility index (Phi) is 6.48. The van der Waals surface area contributed by atoms with E-state index >= 15 is 0 Å². The largest absolute Gasteiger partial charge is 0.253 e. The molecule has 0 radical (unpaired) electrons. The Morgan fingerprint density at radius 2 is 1.63 bits per heavy atom. The van der Waals surface area contributed by atoms with Gasteiger partial charge in [-0.3, -0.25) is 4.99 Å². The fraction of sp³-hybridized carbons (Fsp3) is 0.0833. The van der Waals surface area contributed by atoms with Crippen molar-refractivity contribution in [3.8, 4) is 11.3 Å². The second-order valence-corrected chi connectivity index (χ2v) is 8.37. The first-order valence-corrected chi connectivity index (χ1v) is 11.1. The molecule has 0 N–H and O–H groups in total. The standard InChI is InChI=1S/C24H19Cl2N3S/c1-17(19-10-6-3-7-11-19)28-29-23(21-13-12-20(25)14-22(21)26)16-30-24(29)27-15-18-8-4-2-5-9-18/h2-14,16H,15H2,1H3/b27-24?,28-17+. The van der Waals surface area contributed by atoms with Gasteiger partial charge in [-0.2, -0.15) is 5.10 Å². The van der Waals surface area contributed by atoms with Gasteiger partial charge in [0.2, 0.25) is 4.80 Å². The molecule has 0 bridgehead atoms. The molecule has 0 aliphatic carbocycles. The Hall–Kier alpha value is -2.66. The summed E-state index contributed by atoms with van der Waals surface area (Å²) in [7, 11) is 0. The maximum absolute atomic E-state index is 6.50. The summed E-state index contributed by atoms with van der Waals surface area (Å²) >= 11 is 14.1. The maximum atomic E-state index is 6.50. The molecule has 0 atom stereocenters. The molecule has 0 saturated carbocycles. The predicted molar refractivity (Wildman–Crippen MR) is 128 cm³/mol. The minimum absolute atomic E-state index is 0.578. The molecular formula is C24H19Cl2N3S. The zero-order valence-electron chi connectivity index (χ0n) is 16.3. The van der Waals surface area contributed by atoms with Crippen molar-refractivity contribution < 1.29 is 0 Å². The van der Waals surface area contributed by atoms with E-state index in [2.05, 4.69) is 12.1 Å². The molecule has 150 valence electrons. The minimum atomic E-state index is 0.578. The van der Waals surface area contributed by atoms with Crippen LogP contribution in [0.25, 0.3) is 11.3 Å². The quantitative estimate of drug-likeness (QED) is 0.295. The molecule has 0 fully saturated rings. The third-order valence-electron chi connectivity index (χ3n) is 4.57. The Balaban J connectivity index is 1.84. The van der Waals surface area contributed by atoms with E-state index in [1.165, 1.54) is 11.3 Å². The molecule has 3 nitrogen and oxygen atoms in total. The van der Waals surface area contributed by atoms with Crippen LogP contribution in [0.15, 0.2) is 94.3 Å². The molecule has 0 aliphatic heterocycles. The monoisotopic (exact) mass is 451 g/mol. The van der Waals surface area contributed by atoms with Crippen LogP contribution in [0.4, 0.5) is 0 Å². The van der Waals surface area contributed by atoms with Crippen molar-refractivity contribution in [3.63, 3.8) is 0 Å². The molecule has 0 amide bonds. The average molecular weight is 452 g/mol. The van der Waals surface area contributed by atoms with Crippen molar-refractivity contribution in [2.45, 2.75) is 13.5 Å². The molecule has 0 spiro atoms. The zero-order valence-corrected chi connectivity index (χ0v) is 18.6. The van der Waals surface area contributed by atoms with Crippen molar-refractivity contribution in [2.75, 3.05) is 0 Å². The van der Waals surface area contributed by atoms with Crippen LogP contribution < -0.4 is 4.80 Å². The number of thiazole rings is 1. The first kappa shape index (κ1) is 20.6. The van der Waals surface area contributed by atoms with Crippen LogP contribution in [0.2, 0.25) is 10.0 Å². The van der Waals surface area contributed by atoms with Crippen molar-refractivity contribution in [2.24, 2.45) is 10.1 Å². The van der Waals surface area contributed by atoms with E-state index in [0.29, 0.717) is 16.6 Å². The summed E-state index contributed by atoms with van der Waals surface area (Å²) in [6, 6.07) is 25.8. The van der Waals surface area contributed by atoms with Gasteiger partial charge in [-0.05, 0) is 36.2 Å². The third-order valence-corrected chi connectivity index (χ3v) is 5.98. The van der Waals surface area contributed by atoms with Crippen LogP contribution in [0.3, 0.4) is 0 Å². The summed E-state index contributed by atoms with van der Waals surface area (Å²) in [5.74, 6) is 0. The van der Waals surface area contributed by atoms with Crippen molar-refractivity contribution in [1.29, 1.82) is 0 Å². The normalized spacial score (nSPS) is 12.4. The van der Waals surface area contributed by atoms with Crippen molar-refractivity contribution in [1.82, 2.24) is 4.68 Å². The zero-order chi connectivity index (χ0) is 20.9. The van der Waals surface area contributed by atoms with Crippen molar-refractivity contribution >= 4 is 40.3 Å². The smallest absolute Gasteiger partial charge is 0.206 e. The molecule has 1 aromatic heterocycles. The number of nitrogens with zero attached hydrogens (tertiary/aromatic N) is 3. The van der Waals surface area contributed by atoms with E-state index in [0.717, 1.165) is 32.9 Å². The molecule has 30 heavy (non-hydrogen) atoms. The van der Waals surface area contributed by atoms with Gasteiger partial charge in [0, 0.05) is 16.0 Å². The summed E-state index contributed by atoms with van der Waals surface area (Å²) in [5, 5.41) is 8.11. The van der Waals surface area contributed by atoms with Gasteiger partial charge < -0.3 is 0 Å².